The summed E-state index contributed by atoms with van der Waals surface area (Å²) in [7, 11) is 1.94. The molecular formula is C17H22N4O2S. The van der Waals surface area contributed by atoms with Gasteiger partial charge in [0, 0.05) is 67.8 Å². The molecule has 7 heteroatoms. The van der Waals surface area contributed by atoms with E-state index < -0.39 is 0 Å². The fraction of sp³-hybridized carbons (Fsp3) is 0.529. The van der Waals surface area contributed by atoms with Crippen molar-refractivity contribution < 1.29 is 9.53 Å². The van der Waals surface area contributed by atoms with E-state index in [1.165, 1.54) is 5.56 Å². The summed E-state index contributed by atoms with van der Waals surface area (Å²) in [5, 5.41) is 11.1. The molecule has 1 amide bonds. The van der Waals surface area contributed by atoms with Gasteiger partial charge in [0.05, 0.1) is 18.9 Å². The number of aromatic nitrogens is 2. The molecule has 3 atom stereocenters. The average molecular weight is 346 g/mol. The van der Waals surface area contributed by atoms with Crippen LogP contribution < -0.4 is 5.32 Å². The molecule has 0 radical (unpaired) electrons. The third-order valence-electron chi connectivity index (χ3n) is 4.99. The van der Waals surface area contributed by atoms with E-state index >= 15 is 0 Å². The standard InChI is InChI=1S/C17H22N4O2S/c1-20-6-12(4-19-20)7-21-8-15-14(10-23-16(15)9-21)5-18-17(22)13-2-3-24-11-13/h2-4,6,11,14-16H,5,7-10H2,1H3,(H,18,22)/t14-,15+,16+/m0/s1. The second kappa shape index (κ2) is 6.66. The molecule has 4 rings (SSSR count). The number of carbonyl (C=O) groups excluding carboxylic acids is 1. The number of hydrogen-bond donors (Lipinski definition) is 1. The van der Waals surface area contributed by atoms with E-state index in [-0.39, 0.29) is 5.91 Å². The third-order valence-corrected chi connectivity index (χ3v) is 5.67. The second-order valence-electron chi connectivity index (χ2n) is 6.73. The maximum atomic E-state index is 12.1. The predicted octanol–water partition coefficient (Wildman–Crippen LogP) is 1.36. The molecule has 6 nitrogen and oxygen atoms in total. The van der Waals surface area contributed by atoms with Gasteiger partial charge in [0.2, 0.25) is 0 Å². The Bertz CT molecular complexity index is 699. The number of likely N-dealkylation sites (tertiary alicyclic amines) is 1. The number of ether oxygens (including phenoxy) is 1. The second-order valence-corrected chi connectivity index (χ2v) is 7.51. The van der Waals surface area contributed by atoms with Crippen LogP contribution in [-0.2, 0) is 18.3 Å². The molecule has 2 aliphatic heterocycles. The maximum absolute atomic E-state index is 12.1. The summed E-state index contributed by atoms with van der Waals surface area (Å²) in [6.07, 6.45) is 4.28. The molecule has 0 bridgehead atoms. The van der Waals surface area contributed by atoms with Gasteiger partial charge in [-0.05, 0) is 11.4 Å². The number of hydrogen-bond acceptors (Lipinski definition) is 5. The lowest BCUT2D eigenvalue weighted by molar-refractivity contribution is 0.0904. The number of aryl methyl sites for hydroxylation is 1. The highest BCUT2D eigenvalue weighted by atomic mass is 32.1. The van der Waals surface area contributed by atoms with Crippen LogP contribution in [0.3, 0.4) is 0 Å². The van der Waals surface area contributed by atoms with Gasteiger partial charge in [-0.15, -0.1) is 0 Å². The number of fused-ring (bicyclic) bond motifs is 1. The van der Waals surface area contributed by atoms with Crippen LogP contribution >= 0.6 is 11.3 Å². The van der Waals surface area contributed by atoms with Gasteiger partial charge in [0.1, 0.15) is 0 Å². The fourth-order valence-corrected chi connectivity index (χ4v) is 4.39. The van der Waals surface area contributed by atoms with E-state index in [0.29, 0.717) is 24.5 Å². The number of rotatable bonds is 5. The van der Waals surface area contributed by atoms with Crippen LogP contribution in [0.2, 0.25) is 0 Å². The first-order valence-electron chi connectivity index (χ1n) is 8.31. The topological polar surface area (TPSA) is 59.4 Å². The van der Waals surface area contributed by atoms with Crippen molar-refractivity contribution >= 4 is 17.2 Å². The number of amides is 1. The van der Waals surface area contributed by atoms with E-state index in [4.69, 9.17) is 4.74 Å². The summed E-state index contributed by atoms with van der Waals surface area (Å²) in [6, 6.07) is 1.86. The molecule has 0 unspecified atom stereocenters. The minimum atomic E-state index is 0.0184. The Kier molecular flexibility index (Phi) is 4.39. The first-order valence-corrected chi connectivity index (χ1v) is 9.25. The Balaban J connectivity index is 1.30. The van der Waals surface area contributed by atoms with Gasteiger partial charge in [-0.2, -0.15) is 16.4 Å². The number of nitrogens with zero attached hydrogens (tertiary/aromatic N) is 3. The Morgan fingerprint density at radius 3 is 3.17 bits per heavy atom. The zero-order valence-electron chi connectivity index (χ0n) is 13.7. The minimum Gasteiger partial charge on any atom is -0.376 e. The van der Waals surface area contributed by atoms with Crippen molar-refractivity contribution in [2.75, 3.05) is 26.2 Å². The summed E-state index contributed by atoms with van der Waals surface area (Å²) in [6.45, 7) is 4.35. The van der Waals surface area contributed by atoms with Crippen molar-refractivity contribution in [3.63, 3.8) is 0 Å². The molecule has 0 saturated carbocycles. The monoisotopic (exact) mass is 346 g/mol. The van der Waals surface area contributed by atoms with E-state index in [1.807, 2.05) is 34.8 Å². The Morgan fingerprint density at radius 2 is 2.42 bits per heavy atom. The van der Waals surface area contributed by atoms with Crippen LogP contribution in [0.15, 0.2) is 29.2 Å². The van der Waals surface area contributed by atoms with Gasteiger partial charge in [-0.25, -0.2) is 0 Å². The highest BCUT2D eigenvalue weighted by molar-refractivity contribution is 7.08. The zero-order chi connectivity index (χ0) is 16.5. The van der Waals surface area contributed by atoms with Crippen molar-refractivity contribution in [3.05, 3.63) is 40.3 Å². The van der Waals surface area contributed by atoms with E-state index in [0.717, 1.165) is 31.8 Å². The summed E-state index contributed by atoms with van der Waals surface area (Å²) in [5.41, 5.74) is 1.99. The summed E-state index contributed by atoms with van der Waals surface area (Å²) >= 11 is 1.55. The number of thiophene rings is 1. The predicted molar refractivity (Wildman–Crippen MR) is 91.9 cm³/mol. The molecule has 1 N–H and O–H groups in total. The normalized spacial score (nSPS) is 26.6. The van der Waals surface area contributed by atoms with Gasteiger partial charge in [0.15, 0.2) is 0 Å². The molecule has 4 heterocycles. The molecule has 0 aliphatic carbocycles. The molecule has 0 aromatic carbocycles. The smallest absolute Gasteiger partial charge is 0.252 e. The first-order chi connectivity index (χ1) is 11.7. The van der Waals surface area contributed by atoms with Gasteiger partial charge >= 0.3 is 0 Å². The Morgan fingerprint density at radius 1 is 1.50 bits per heavy atom. The van der Waals surface area contributed by atoms with E-state index in [2.05, 4.69) is 21.5 Å². The largest absolute Gasteiger partial charge is 0.376 e. The lowest BCUT2D eigenvalue weighted by atomic mass is 9.93. The molecule has 128 valence electrons. The molecular weight excluding hydrogens is 324 g/mol. The Hall–Kier alpha value is -1.70. The molecule has 2 aliphatic rings. The van der Waals surface area contributed by atoms with Crippen LogP contribution in [0, 0.1) is 11.8 Å². The summed E-state index contributed by atoms with van der Waals surface area (Å²) in [4.78, 5) is 14.5. The highest BCUT2D eigenvalue weighted by Gasteiger charge is 2.43. The molecule has 2 aromatic heterocycles. The Labute approximate surface area is 145 Å². The number of carbonyl (C=O) groups is 1. The maximum Gasteiger partial charge on any atom is 0.252 e. The van der Waals surface area contributed by atoms with Crippen molar-refractivity contribution in [1.29, 1.82) is 0 Å². The van der Waals surface area contributed by atoms with Crippen molar-refractivity contribution in [2.45, 2.75) is 12.6 Å². The molecule has 2 saturated heterocycles. The van der Waals surface area contributed by atoms with Crippen LogP contribution in [0.4, 0.5) is 0 Å². The van der Waals surface area contributed by atoms with E-state index in [1.54, 1.807) is 11.3 Å². The molecule has 0 spiro atoms. The van der Waals surface area contributed by atoms with E-state index in [9.17, 15) is 4.79 Å². The van der Waals surface area contributed by atoms with Crippen LogP contribution in [0.5, 0.6) is 0 Å². The molecule has 2 fully saturated rings. The van der Waals surface area contributed by atoms with Gasteiger partial charge in [0.25, 0.3) is 5.91 Å². The van der Waals surface area contributed by atoms with Gasteiger partial charge in [-0.3, -0.25) is 14.4 Å². The van der Waals surface area contributed by atoms with Gasteiger partial charge in [-0.1, -0.05) is 0 Å². The highest BCUT2D eigenvalue weighted by Crippen LogP contribution is 2.34. The average Bonchev–Trinajstić information content (AvgIpc) is 3.30. The SMILES string of the molecule is Cn1cc(CN2C[C@@H]3[C@@H](CNC(=O)c4ccsc4)CO[C@@H]3C2)cn1. The summed E-state index contributed by atoms with van der Waals surface area (Å²) in [5.74, 6) is 0.922. The minimum absolute atomic E-state index is 0.0184. The molecule has 2 aromatic rings. The lowest BCUT2D eigenvalue weighted by Gasteiger charge is -2.19. The third kappa shape index (κ3) is 3.24. The van der Waals surface area contributed by atoms with Crippen LogP contribution in [-0.4, -0.2) is 52.9 Å². The van der Waals surface area contributed by atoms with Crippen LogP contribution in [0.1, 0.15) is 15.9 Å². The lowest BCUT2D eigenvalue weighted by Crippen LogP contribution is -2.34. The fourth-order valence-electron chi connectivity index (χ4n) is 3.75. The van der Waals surface area contributed by atoms with Gasteiger partial charge < -0.3 is 10.1 Å². The van der Waals surface area contributed by atoms with Crippen molar-refractivity contribution in [1.82, 2.24) is 20.0 Å². The summed E-state index contributed by atoms with van der Waals surface area (Å²) < 4.78 is 7.81. The zero-order valence-corrected chi connectivity index (χ0v) is 14.5. The van der Waals surface area contributed by atoms with Crippen molar-refractivity contribution in [2.24, 2.45) is 18.9 Å². The molecule has 24 heavy (non-hydrogen) atoms. The van der Waals surface area contributed by atoms with Crippen molar-refractivity contribution in [3.8, 4) is 0 Å². The number of nitrogens with one attached hydrogen (secondary N) is 1. The first kappa shape index (κ1) is 15.8. The quantitative estimate of drug-likeness (QED) is 0.888. The van der Waals surface area contributed by atoms with Crippen LogP contribution in [0.25, 0.3) is 0 Å².